The van der Waals surface area contributed by atoms with E-state index < -0.39 is 30.5 Å². The summed E-state index contributed by atoms with van der Waals surface area (Å²) in [5.74, 6) is -4.78. The minimum absolute atomic E-state index is 0.139. The maximum atomic E-state index is 13.0. The third-order valence-corrected chi connectivity index (χ3v) is 4.36. The molecule has 1 aliphatic heterocycles. The molecule has 0 aromatic heterocycles. The van der Waals surface area contributed by atoms with Crippen LogP contribution >= 0.6 is 0 Å². The number of carboxylic acid groups (broad SMARTS) is 1. The number of amides is 1. The normalized spacial score (nSPS) is 25.8. The lowest BCUT2D eigenvalue weighted by Crippen LogP contribution is -2.43. The van der Waals surface area contributed by atoms with Crippen molar-refractivity contribution in [3.8, 4) is 0 Å². The van der Waals surface area contributed by atoms with Crippen LogP contribution in [0.4, 0.5) is 13.2 Å². The second-order valence-electron chi connectivity index (χ2n) is 6.96. The SMILES string of the molecule is CC(C)CN(C(=O)CN1C[C@@H](C(F)(F)F)[C@H](C(=O)O)C1)C1CC1. The Labute approximate surface area is 133 Å². The molecular formula is C15H23F3N2O3. The van der Waals surface area contributed by atoms with Gasteiger partial charge in [0.25, 0.3) is 0 Å². The second-order valence-corrected chi connectivity index (χ2v) is 6.96. The summed E-state index contributed by atoms with van der Waals surface area (Å²) in [4.78, 5) is 26.5. The van der Waals surface area contributed by atoms with Crippen LogP contribution < -0.4 is 0 Å². The van der Waals surface area contributed by atoms with Crippen molar-refractivity contribution in [2.24, 2.45) is 17.8 Å². The Kier molecular flexibility index (Phi) is 5.23. The molecule has 1 N–H and O–H groups in total. The summed E-state index contributed by atoms with van der Waals surface area (Å²) in [6, 6.07) is 0.196. The summed E-state index contributed by atoms with van der Waals surface area (Å²) in [6.07, 6.45) is -2.70. The molecule has 2 aliphatic rings. The van der Waals surface area contributed by atoms with E-state index in [-0.39, 0.29) is 31.0 Å². The lowest BCUT2D eigenvalue weighted by Gasteiger charge is -2.27. The molecule has 1 saturated heterocycles. The number of nitrogens with zero attached hydrogens (tertiary/aromatic N) is 2. The maximum Gasteiger partial charge on any atom is 0.393 e. The molecule has 2 fully saturated rings. The van der Waals surface area contributed by atoms with Gasteiger partial charge >= 0.3 is 12.1 Å². The summed E-state index contributed by atoms with van der Waals surface area (Å²) in [6.45, 7) is 3.76. The largest absolute Gasteiger partial charge is 0.481 e. The van der Waals surface area contributed by atoms with Crippen LogP contribution in [0.15, 0.2) is 0 Å². The number of rotatable bonds is 6. The molecule has 1 heterocycles. The zero-order valence-electron chi connectivity index (χ0n) is 13.3. The van der Waals surface area contributed by atoms with Crippen LogP contribution in [0.1, 0.15) is 26.7 Å². The van der Waals surface area contributed by atoms with E-state index in [1.807, 2.05) is 13.8 Å². The molecule has 5 nitrogen and oxygen atoms in total. The zero-order valence-corrected chi connectivity index (χ0v) is 13.3. The van der Waals surface area contributed by atoms with Gasteiger partial charge in [0.1, 0.15) is 0 Å². The summed E-state index contributed by atoms with van der Waals surface area (Å²) < 4.78 is 38.9. The highest BCUT2D eigenvalue weighted by Crippen LogP contribution is 2.38. The van der Waals surface area contributed by atoms with E-state index >= 15 is 0 Å². The highest BCUT2D eigenvalue weighted by atomic mass is 19.4. The van der Waals surface area contributed by atoms with Gasteiger partial charge in [-0.3, -0.25) is 14.5 Å². The summed E-state index contributed by atoms with van der Waals surface area (Å²) in [5, 5.41) is 9.00. The van der Waals surface area contributed by atoms with Gasteiger partial charge < -0.3 is 10.0 Å². The molecule has 0 spiro atoms. The van der Waals surface area contributed by atoms with Gasteiger partial charge in [-0.05, 0) is 18.8 Å². The topological polar surface area (TPSA) is 60.9 Å². The summed E-state index contributed by atoms with van der Waals surface area (Å²) in [7, 11) is 0. The fourth-order valence-corrected chi connectivity index (χ4v) is 3.11. The number of halogens is 3. The van der Waals surface area contributed by atoms with Crippen LogP contribution in [0.25, 0.3) is 0 Å². The van der Waals surface area contributed by atoms with Gasteiger partial charge in [-0.25, -0.2) is 0 Å². The number of carbonyl (C=O) groups is 2. The average molecular weight is 336 g/mol. The third-order valence-electron chi connectivity index (χ3n) is 4.36. The van der Waals surface area contributed by atoms with Crippen molar-refractivity contribution in [3.63, 3.8) is 0 Å². The van der Waals surface area contributed by atoms with E-state index in [0.717, 1.165) is 12.8 Å². The Morgan fingerprint density at radius 2 is 1.87 bits per heavy atom. The van der Waals surface area contributed by atoms with Crippen LogP contribution in [0.3, 0.4) is 0 Å². The monoisotopic (exact) mass is 336 g/mol. The minimum Gasteiger partial charge on any atom is -0.481 e. The maximum absolute atomic E-state index is 13.0. The second kappa shape index (κ2) is 6.67. The van der Waals surface area contributed by atoms with E-state index in [1.54, 1.807) is 4.90 Å². The lowest BCUT2D eigenvalue weighted by molar-refractivity contribution is -0.188. The molecule has 0 unspecified atom stereocenters. The Hall–Kier alpha value is -1.31. The van der Waals surface area contributed by atoms with Gasteiger partial charge in [-0.2, -0.15) is 13.2 Å². The first-order valence-corrected chi connectivity index (χ1v) is 7.91. The summed E-state index contributed by atoms with van der Waals surface area (Å²) in [5.41, 5.74) is 0. The number of hydrogen-bond acceptors (Lipinski definition) is 3. The van der Waals surface area contributed by atoms with Crippen molar-refractivity contribution in [1.82, 2.24) is 9.80 Å². The van der Waals surface area contributed by atoms with Crippen LogP contribution in [-0.2, 0) is 9.59 Å². The number of hydrogen-bond donors (Lipinski definition) is 1. The van der Waals surface area contributed by atoms with Crippen molar-refractivity contribution < 1.29 is 27.9 Å². The molecule has 2 atom stereocenters. The van der Waals surface area contributed by atoms with Crippen molar-refractivity contribution in [2.45, 2.75) is 38.9 Å². The molecule has 1 saturated carbocycles. The molecule has 0 bridgehead atoms. The van der Waals surface area contributed by atoms with E-state index in [1.165, 1.54) is 4.90 Å². The first kappa shape index (κ1) is 18.0. The number of alkyl halides is 3. The third kappa shape index (κ3) is 4.59. The number of carboxylic acids is 1. The molecule has 0 aromatic carbocycles. The summed E-state index contributed by atoms with van der Waals surface area (Å²) >= 11 is 0. The quantitative estimate of drug-likeness (QED) is 0.804. The molecule has 2 rings (SSSR count). The van der Waals surface area contributed by atoms with E-state index in [2.05, 4.69) is 0 Å². The Balaban J connectivity index is 1.99. The van der Waals surface area contributed by atoms with E-state index in [0.29, 0.717) is 6.54 Å². The average Bonchev–Trinajstić information content (AvgIpc) is 3.14. The molecule has 1 aliphatic carbocycles. The zero-order chi connectivity index (χ0) is 17.4. The first-order valence-electron chi connectivity index (χ1n) is 7.91. The van der Waals surface area contributed by atoms with Crippen molar-refractivity contribution in [3.05, 3.63) is 0 Å². The molecule has 132 valence electrons. The Morgan fingerprint density at radius 3 is 2.26 bits per heavy atom. The first-order chi connectivity index (χ1) is 10.6. The van der Waals surface area contributed by atoms with Gasteiger partial charge in [-0.1, -0.05) is 13.8 Å². The molecule has 1 amide bonds. The molecule has 23 heavy (non-hydrogen) atoms. The van der Waals surface area contributed by atoms with Gasteiger partial charge in [0.05, 0.1) is 18.4 Å². The molecular weight excluding hydrogens is 313 g/mol. The van der Waals surface area contributed by atoms with Crippen molar-refractivity contribution >= 4 is 11.9 Å². The van der Waals surface area contributed by atoms with E-state index in [4.69, 9.17) is 5.11 Å². The van der Waals surface area contributed by atoms with E-state index in [9.17, 15) is 22.8 Å². The predicted molar refractivity (Wildman–Crippen MR) is 76.7 cm³/mol. The lowest BCUT2D eigenvalue weighted by atomic mass is 9.96. The van der Waals surface area contributed by atoms with Gasteiger partial charge in [0.15, 0.2) is 0 Å². The fourth-order valence-electron chi connectivity index (χ4n) is 3.11. The minimum atomic E-state index is -4.56. The highest BCUT2D eigenvalue weighted by molar-refractivity contribution is 5.79. The van der Waals surface area contributed by atoms with Crippen LogP contribution in [0.2, 0.25) is 0 Å². The molecule has 0 radical (unpaired) electrons. The van der Waals surface area contributed by atoms with Crippen molar-refractivity contribution in [1.29, 1.82) is 0 Å². The van der Waals surface area contributed by atoms with Crippen molar-refractivity contribution in [2.75, 3.05) is 26.2 Å². The Morgan fingerprint density at radius 1 is 1.26 bits per heavy atom. The van der Waals surface area contributed by atoms with Gasteiger partial charge in [0.2, 0.25) is 5.91 Å². The highest BCUT2D eigenvalue weighted by Gasteiger charge is 2.52. The number of likely N-dealkylation sites (tertiary alicyclic amines) is 1. The number of aliphatic carboxylic acids is 1. The predicted octanol–water partition coefficient (Wildman–Crippen LogP) is 1.83. The Bertz CT molecular complexity index is 463. The van der Waals surface area contributed by atoms with Crippen LogP contribution in [0, 0.1) is 17.8 Å². The fraction of sp³-hybridized carbons (Fsp3) is 0.867. The van der Waals surface area contributed by atoms with Gasteiger partial charge in [0, 0.05) is 25.7 Å². The number of carbonyl (C=O) groups excluding carboxylic acids is 1. The molecule has 0 aromatic rings. The smallest absolute Gasteiger partial charge is 0.393 e. The molecule has 8 heteroatoms. The van der Waals surface area contributed by atoms with Crippen LogP contribution in [0.5, 0.6) is 0 Å². The standard InChI is InChI=1S/C15H23F3N2O3/c1-9(2)5-20(10-3-4-10)13(21)8-19-6-11(14(22)23)12(7-19)15(16,17)18/h9-12H,3-8H2,1-2H3,(H,22,23)/t11-,12-/m1/s1. The van der Waals surface area contributed by atoms with Gasteiger partial charge in [-0.15, -0.1) is 0 Å². The van der Waals surface area contributed by atoms with Crippen LogP contribution in [-0.4, -0.2) is 65.2 Å².